The molecule has 0 spiro atoms. The highest BCUT2D eigenvalue weighted by Crippen LogP contribution is 2.23. The molecule has 0 amide bonds. The van der Waals surface area contributed by atoms with Crippen molar-refractivity contribution in [3.63, 3.8) is 0 Å². The van der Waals surface area contributed by atoms with E-state index in [1.807, 2.05) is 11.3 Å². The zero-order chi connectivity index (χ0) is 11.1. The van der Waals surface area contributed by atoms with Gasteiger partial charge in [0.25, 0.3) is 0 Å². The van der Waals surface area contributed by atoms with Crippen LogP contribution in [-0.4, -0.2) is 12.6 Å². The first-order valence-electron chi connectivity index (χ1n) is 5.73. The topological polar surface area (TPSA) is 12.0 Å². The van der Waals surface area contributed by atoms with Crippen LogP contribution in [0.5, 0.6) is 0 Å². The molecule has 1 unspecified atom stereocenters. The molecule has 1 heterocycles. The highest BCUT2D eigenvalue weighted by Gasteiger charge is 2.06. The Kier molecular flexibility index (Phi) is 6.53. The summed E-state index contributed by atoms with van der Waals surface area (Å²) in [5.41, 5.74) is 0. The average Bonchev–Trinajstić information content (AvgIpc) is 2.65. The second-order valence-corrected chi connectivity index (χ2v) is 6.35. The third kappa shape index (κ3) is 5.14. The summed E-state index contributed by atoms with van der Waals surface area (Å²) < 4.78 is 1.24. The van der Waals surface area contributed by atoms with Crippen molar-refractivity contribution >= 4 is 27.3 Å². The van der Waals surface area contributed by atoms with Gasteiger partial charge in [-0.25, -0.2) is 0 Å². The summed E-state index contributed by atoms with van der Waals surface area (Å²) in [6, 6.07) is 5.05. The third-order valence-corrected chi connectivity index (χ3v) is 4.23. The zero-order valence-electron chi connectivity index (χ0n) is 9.55. The van der Waals surface area contributed by atoms with Gasteiger partial charge in [-0.05, 0) is 60.3 Å². The highest BCUT2D eigenvalue weighted by molar-refractivity contribution is 9.11. The molecule has 0 bridgehead atoms. The Balaban J connectivity index is 2.27. The molecule has 15 heavy (non-hydrogen) atoms. The van der Waals surface area contributed by atoms with Crippen molar-refractivity contribution < 1.29 is 0 Å². The van der Waals surface area contributed by atoms with Crippen LogP contribution in [0.4, 0.5) is 0 Å². The minimum absolute atomic E-state index is 0.686. The quantitative estimate of drug-likeness (QED) is 0.792. The lowest BCUT2D eigenvalue weighted by Crippen LogP contribution is -2.29. The summed E-state index contributed by atoms with van der Waals surface area (Å²) in [5.74, 6) is 0. The third-order valence-electron chi connectivity index (χ3n) is 2.54. The van der Waals surface area contributed by atoms with Crippen LogP contribution >= 0.6 is 27.3 Å². The number of thiophene rings is 1. The lowest BCUT2D eigenvalue weighted by molar-refractivity contribution is 0.469. The van der Waals surface area contributed by atoms with E-state index in [9.17, 15) is 0 Å². The molecular weight excluding hydrogens is 270 g/mol. The van der Waals surface area contributed by atoms with Gasteiger partial charge in [-0.1, -0.05) is 13.8 Å². The van der Waals surface area contributed by atoms with Crippen molar-refractivity contribution in [2.45, 2.75) is 45.6 Å². The maximum absolute atomic E-state index is 3.59. The minimum atomic E-state index is 0.686. The van der Waals surface area contributed by atoms with Crippen LogP contribution in [-0.2, 0) is 6.42 Å². The summed E-state index contributed by atoms with van der Waals surface area (Å²) >= 11 is 5.35. The molecule has 1 N–H and O–H groups in total. The Morgan fingerprint density at radius 1 is 1.40 bits per heavy atom. The maximum atomic E-state index is 3.59. The predicted molar refractivity (Wildman–Crippen MR) is 72.7 cm³/mol. The molecule has 1 atom stereocenters. The number of aryl methyl sites for hydroxylation is 1. The van der Waals surface area contributed by atoms with Crippen LogP contribution in [0.2, 0.25) is 0 Å². The van der Waals surface area contributed by atoms with Crippen LogP contribution in [0.1, 0.15) is 38.0 Å². The van der Waals surface area contributed by atoms with E-state index >= 15 is 0 Å². The summed E-state index contributed by atoms with van der Waals surface area (Å²) in [6.07, 6.45) is 4.91. The van der Waals surface area contributed by atoms with Gasteiger partial charge >= 0.3 is 0 Å². The molecule has 0 aromatic carbocycles. The smallest absolute Gasteiger partial charge is 0.0701 e. The zero-order valence-corrected chi connectivity index (χ0v) is 12.0. The molecule has 1 nitrogen and oxygen atoms in total. The predicted octanol–water partition coefficient (Wildman–Crippen LogP) is 4.22. The first-order valence-corrected chi connectivity index (χ1v) is 7.34. The minimum Gasteiger partial charge on any atom is -0.314 e. The monoisotopic (exact) mass is 289 g/mol. The van der Waals surface area contributed by atoms with Crippen LogP contribution in [0.3, 0.4) is 0 Å². The van der Waals surface area contributed by atoms with Crippen molar-refractivity contribution in [1.82, 2.24) is 5.32 Å². The summed E-state index contributed by atoms with van der Waals surface area (Å²) in [7, 11) is 0. The molecule has 1 aromatic rings. The second-order valence-electron chi connectivity index (χ2n) is 3.80. The Bertz CT molecular complexity index is 272. The SMILES string of the molecule is CCCNC(CC)CCc1ccc(Br)s1. The molecule has 0 aliphatic heterocycles. The van der Waals surface area contributed by atoms with E-state index in [1.165, 1.54) is 34.3 Å². The van der Waals surface area contributed by atoms with Crippen molar-refractivity contribution in [2.24, 2.45) is 0 Å². The standard InChI is InChI=1S/C12H20BrNS/c1-3-9-14-10(4-2)5-6-11-7-8-12(13)15-11/h7-8,10,14H,3-6,9H2,1-2H3. The lowest BCUT2D eigenvalue weighted by Gasteiger charge is -2.15. The molecule has 1 rings (SSSR count). The van der Waals surface area contributed by atoms with Gasteiger partial charge in [-0.15, -0.1) is 11.3 Å². The van der Waals surface area contributed by atoms with Crippen molar-refractivity contribution in [3.8, 4) is 0 Å². The van der Waals surface area contributed by atoms with E-state index in [0.717, 1.165) is 6.54 Å². The van der Waals surface area contributed by atoms with Crippen LogP contribution < -0.4 is 5.32 Å². The molecule has 0 aliphatic rings. The Hall–Kier alpha value is 0.140. The average molecular weight is 290 g/mol. The molecule has 0 saturated heterocycles. The van der Waals surface area contributed by atoms with E-state index < -0.39 is 0 Å². The number of rotatable bonds is 7. The number of halogens is 1. The van der Waals surface area contributed by atoms with Crippen molar-refractivity contribution in [2.75, 3.05) is 6.54 Å². The van der Waals surface area contributed by atoms with Gasteiger partial charge in [-0.3, -0.25) is 0 Å². The second kappa shape index (κ2) is 7.42. The molecule has 0 saturated carbocycles. The maximum Gasteiger partial charge on any atom is 0.0701 e. The van der Waals surface area contributed by atoms with Gasteiger partial charge in [0.15, 0.2) is 0 Å². The lowest BCUT2D eigenvalue weighted by atomic mass is 10.1. The molecule has 0 radical (unpaired) electrons. The first kappa shape index (κ1) is 13.2. The molecule has 0 aliphatic carbocycles. The fourth-order valence-corrected chi connectivity index (χ4v) is 3.10. The summed E-state index contributed by atoms with van der Waals surface area (Å²) in [4.78, 5) is 1.48. The van der Waals surface area contributed by atoms with Crippen LogP contribution in [0.25, 0.3) is 0 Å². The van der Waals surface area contributed by atoms with E-state index in [-0.39, 0.29) is 0 Å². The number of nitrogens with one attached hydrogen (secondary N) is 1. The van der Waals surface area contributed by atoms with Crippen LogP contribution in [0.15, 0.2) is 15.9 Å². The fourth-order valence-electron chi connectivity index (χ4n) is 1.60. The molecule has 86 valence electrons. The Labute approximate surface area is 105 Å². The fraction of sp³-hybridized carbons (Fsp3) is 0.667. The van der Waals surface area contributed by atoms with Gasteiger partial charge in [0.2, 0.25) is 0 Å². The summed E-state index contributed by atoms with van der Waals surface area (Å²) in [5, 5.41) is 3.59. The number of hydrogen-bond donors (Lipinski definition) is 1. The largest absolute Gasteiger partial charge is 0.314 e. The van der Waals surface area contributed by atoms with Gasteiger partial charge in [0.1, 0.15) is 0 Å². The van der Waals surface area contributed by atoms with Gasteiger partial charge in [0.05, 0.1) is 3.79 Å². The highest BCUT2D eigenvalue weighted by atomic mass is 79.9. The van der Waals surface area contributed by atoms with Gasteiger partial charge in [0, 0.05) is 10.9 Å². The molecular formula is C12H20BrNS. The molecule has 3 heteroatoms. The van der Waals surface area contributed by atoms with Crippen molar-refractivity contribution in [3.05, 3.63) is 20.8 Å². The number of hydrogen-bond acceptors (Lipinski definition) is 2. The van der Waals surface area contributed by atoms with E-state index in [0.29, 0.717) is 6.04 Å². The van der Waals surface area contributed by atoms with Gasteiger partial charge < -0.3 is 5.32 Å². The Morgan fingerprint density at radius 2 is 2.20 bits per heavy atom. The van der Waals surface area contributed by atoms with E-state index in [1.54, 1.807) is 0 Å². The summed E-state index contributed by atoms with van der Waals surface area (Å²) in [6.45, 7) is 5.63. The van der Waals surface area contributed by atoms with E-state index in [2.05, 4.69) is 47.2 Å². The first-order chi connectivity index (χ1) is 7.26. The molecule has 0 fully saturated rings. The van der Waals surface area contributed by atoms with Gasteiger partial charge in [-0.2, -0.15) is 0 Å². The van der Waals surface area contributed by atoms with Crippen molar-refractivity contribution in [1.29, 1.82) is 0 Å². The normalized spacial score (nSPS) is 13.0. The van der Waals surface area contributed by atoms with E-state index in [4.69, 9.17) is 0 Å². The molecule has 1 aromatic heterocycles. The Morgan fingerprint density at radius 3 is 2.73 bits per heavy atom. The van der Waals surface area contributed by atoms with Crippen LogP contribution in [0, 0.1) is 0 Å².